The number of allylic oxidation sites excluding steroid dienone is 1. The van der Waals surface area contributed by atoms with Crippen LogP contribution < -0.4 is 10.4 Å². The fourth-order valence-electron chi connectivity index (χ4n) is 6.68. The minimum absolute atomic E-state index is 0.175. The molecule has 0 aliphatic heterocycles. The first-order valence-corrected chi connectivity index (χ1v) is 15.9. The van der Waals surface area contributed by atoms with Crippen molar-refractivity contribution in [3.8, 4) is 0 Å². The smallest absolute Gasteiger partial charge is 0.258 e. The minimum Gasteiger partial charge on any atom is -0.424 e. The van der Waals surface area contributed by atoms with Crippen molar-refractivity contribution in [3.63, 3.8) is 0 Å². The van der Waals surface area contributed by atoms with Crippen molar-refractivity contribution in [2.24, 2.45) is 28.6 Å². The highest BCUT2D eigenvalue weighted by Crippen LogP contribution is 2.61. The van der Waals surface area contributed by atoms with E-state index in [-0.39, 0.29) is 27.9 Å². The van der Waals surface area contributed by atoms with Gasteiger partial charge < -0.3 is 9.90 Å². The second kappa shape index (κ2) is 11.0. The third-order valence-corrected chi connectivity index (χ3v) is 14.8. The maximum Gasteiger partial charge on any atom is 0.258 e. The summed E-state index contributed by atoms with van der Waals surface area (Å²) in [5.74, 6) is 1.25. The molecule has 0 aromatic heterocycles. The molecule has 1 aliphatic rings. The van der Waals surface area contributed by atoms with Crippen molar-refractivity contribution in [3.05, 3.63) is 72.8 Å². The van der Waals surface area contributed by atoms with Gasteiger partial charge in [-0.15, -0.1) is 0 Å². The van der Waals surface area contributed by atoms with Gasteiger partial charge in [-0.1, -0.05) is 128 Å². The van der Waals surface area contributed by atoms with E-state index in [1.54, 1.807) is 0 Å². The Bertz CT molecular complexity index is 955. The van der Waals surface area contributed by atoms with E-state index in [0.717, 1.165) is 23.2 Å². The lowest BCUT2D eigenvalue weighted by molar-refractivity contribution is 0.0473. The molecular formula is C33H50O2Si. The zero-order valence-corrected chi connectivity index (χ0v) is 25.0. The van der Waals surface area contributed by atoms with Gasteiger partial charge in [0.05, 0.1) is 6.10 Å². The lowest BCUT2D eigenvalue weighted by Gasteiger charge is -2.47. The van der Waals surface area contributed by atoms with Gasteiger partial charge in [0.15, 0.2) is 0 Å². The van der Waals surface area contributed by atoms with E-state index in [9.17, 15) is 9.90 Å². The molecule has 0 bridgehead atoms. The molecule has 1 fully saturated rings. The number of hydrogen-bond donors (Lipinski definition) is 2. The summed E-state index contributed by atoms with van der Waals surface area (Å²) < 4.78 is 0. The molecule has 3 rings (SSSR count). The van der Waals surface area contributed by atoms with Crippen molar-refractivity contribution in [1.29, 1.82) is 0 Å². The molecule has 0 unspecified atom stereocenters. The third kappa shape index (κ3) is 5.30. The van der Waals surface area contributed by atoms with Crippen LogP contribution >= 0.6 is 0 Å². The Hall–Kier alpha value is -1.68. The zero-order chi connectivity index (χ0) is 26.8. The second-order valence-corrected chi connectivity index (χ2v) is 17.1. The molecule has 198 valence electrons. The van der Waals surface area contributed by atoms with E-state index < -0.39 is 8.32 Å². The van der Waals surface area contributed by atoms with E-state index in [2.05, 4.69) is 110 Å². The van der Waals surface area contributed by atoms with Crippen LogP contribution in [-0.4, -0.2) is 24.3 Å². The summed E-state index contributed by atoms with van der Waals surface area (Å²) >= 11 is 0. The van der Waals surface area contributed by atoms with Crippen molar-refractivity contribution in [1.82, 2.24) is 0 Å². The highest BCUT2D eigenvalue weighted by atomic mass is 28.4. The van der Waals surface area contributed by atoms with Gasteiger partial charge in [-0.2, -0.15) is 0 Å². The molecule has 3 heteroatoms. The van der Waals surface area contributed by atoms with Gasteiger partial charge in [0.25, 0.3) is 8.32 Å². The summed E-state index contributed by atoms with van der Waals surface area (Å²) in [6.45, 7) is 18.4. The van der Waals surface area contributed by atoms with Crippen molar-refractivity contribution < 1.29 is 9.90 Å². The molecule has 2 aromatic rings. The molecule has 0 spiro atoms. The zero-order valence-electron chi connectivity index (χ0n) is 24.0. The average molecular weight is 507 g/mol. The topological polar surface area (TPSA) is 40.5 Å². The first kappa shape index (κ1) is 28.9. The van der Waals surface area contributed by atoms with E-state index >= 15 is 0 Å². The van der Waals surface area contributed by atoms with Crippen LogP contribution in [0.4, 0.5) is 0 Å². The third-order valence-electron chi connectivity index (χ3n) is 10.3. The highest BCUT2D eigenvalue weighted by Gasteiger charge is 2.55. The van der Waals surface area contributed by atoms with Gasteiger partial charge in [-0.25, -0.2) is 0 Å². The molecule has 2 nitrogen and oxygen atoms in total. The molecular weight excluding hydrogens is 456 g/mol. The standard InChI is InChI=1S/C33H50O2Si/c1-25(2)30(34)20-19-26(3)33(8)24-22-27(32(33,6)7)21-23-31(4,5)36(35,28-15-11-9-12-16-28)29-17-13-10-14-18-29/h9-20,25-27,30,34-35H,21-24H2,1-8H3/b20-19+/t26-,27+,30+,33+/m0/s1. The summed E-state index contributed by atoms with van der Waals surface area (Å²) in [6.07, 6.45) is 8.44. The van der Waals surface area contributed by atoms with Crippen molar-refractivity contribution in [2.45, 2.75) is 92.2 Å². The maximum atomic E-state index is 12.5. The van der Waals surface area contributed by atoms with Gasteiger partial charge in [-0.05, 0) is 69.7 Å². The van der Waals surface area contributed by atoms with Crippen LogP contribution in [0.5, 0.6) is 0 Å². The number of benzene rings is 2. The Morgan fingerprint density at radius 1 is 0.917 bits per heavy atom. The fourth-order valence-corrected chi connectivity index (χ4v) is 10.4. The lowest BCUT2D eigenvalue weighted by Crippen LogP contribution is -2.65. The summed E-state index contributed by atoms with van der Waals surface area (Å²) in [4.78, 5) is 12.5. The van der Waals surface area contributed by atoms with Crippen LogP contribution in [0.3, 0.4) is 0 Å². The first-order valence-electron chi connectivity index (χ1n) is 14.0. The summed E-state index contributed by atoms with van der Waals surface area (Å²) in [5.41, 5.74) is 0.358. The van der Waals surface area contributed by atoms with Crippen LogP contribution in [0.2, 0.25) is 5.04 Å². The van der Waals surface area contributed by atoms with Gasteiger partial charge >= 0.3 is 0 Å². The number of hydrogen-bond acceptors (Lipinski definition) is 2. The summed E-state index contributed by atoms with van der Waals surface area (Å²) in [6, 6.07) is 20.8. The van der Waals surface area contributed by atoms with Crippen LogP contribution in [0.1, 0.15) is 81.1 Å². The van der Waals surface area contributed by atoms with Gasteiger partial charge in [0.2, 0.25) is 0 Å². The van der Waals surface area contributed by atoms with E-state index in [0.29, 0.717) is 11.8 Å². The predicted molar refractivity (Wildman–Crippen MR) is 157 cm³/mol. The maximum absolute atomic E-state index is 12.5. The number of aliphatic hydroxyl groups excluding tert-OH is 1. The molecule has 0 saturated heterocycles. The summed E-state index contributed by atoms with van der Waals surface area (Å²) in [5, 5.41) is 12.3. The SMILES string of the molecule is CC(C)[C@H](O)/C=C/[C@H](C)[C@@]1(C)CC[C@@H](CCC(C)(C)[Si](O)(c2ccccc2)c2ccccc2)C1(C)C. The van der Waals surface area contributed by atoms with Gasteiger partial charge in [0, 0.05) is 0 Å². The van der Waals surface area contributed by atoms with Crippen molar-refractivity contribution in [2.75, 3.05) is 0 Å². The Balaban J connectivity index is 1.83. The van der Waals surface area contributed by atoms with Crippen LogP contribution in [0, 0.1) is 28.6 Å². The average Bonchev–Trinajstić information content (AvgIpc) is 3.10. The van der Waals surface area contributed by atoms with Gasteiger partial charge in [-0.3, -0.25) is 0 Å². The molecule has 2 N–H and O–H groups in total. The Morgan fingerprint density at radius 3 is 1.89 bits per heavy atom. The molecule has 0 amide bonds. The van der Waals surface area contributed by atoms with E-state index in [1.165, 1.54) is 12.8 Å². The van der Waals surface area contributed by atoms with E-state index in [1.807, 2.05) is 18.2 Å². The van der Waals surface area contributed by atoms with E-state index in [4.69, 9.17) is 0 Å². The molecule has 0 radical (unpaired) electrons. The summed E-state index contributed by atoms with van der Waals surface area (Å²) in [7, 11) is -2.98. The molecule has 2 aromatic carbocycles. The molecule has 1 saturated carbocycles. The quantitative estimate of drug-likeness (QED) is 0.270. The van der Waals surface area contributed by atoms with Crippen LogP contribution in [-0.2, 0) is 0 Å². The Kier molecular flexibility index (Phi) is 8.80. The highest BCUT2D eigenvalue weighted by molar-refractivity contribution is 6.98. The molecule has 4 atom stereocenters. The molecule has 0 heterocycles. The Morgan fingerprint density at radius 2 is 1.42 bits per heavy atom. The lowest BCUT2D eigenvalue weighted by atomic mass is 9.59. The molecule has 1 aliphatic carbocycles. The fraction of sp³-hybridized carbons (Fsp3) is 0.576. The number of aliphatic hydroxyl groups is 1. The predicted octanol–water partition coefficient (Wildman–Crippen LogP) is 6.95. The van der Waals surface area contributed by atoms with Crippen LogP contribution in [0.25, 0.3) is 0 Å². The minimum atomic E-state index is -2.98. The molecule has 36 heavy (non-hydrogen) atoms. The number of rotatable bonds is 10. The van der Waals surface area contributed by atoms with Crippen molar-refractivity contribution >= 4 is 18.7 Å². The largest absolute Gasteiger partial charge is 0.424 e. The second-order valence-electron chi connectivity index (χ2n) is 13.1. The first-order chi connectivity index (χ1) is 16.8. The normalized spacial score (nSPS) is 24.4. The van der Waals surface area contributed by atoms with Gasteiger partial charge in [0.1, 0.15) is 0 Å². The van der Waals surface area contributed by atoms with Crippen LogP contribution in [0.15, 0.2) is 72.8 Å². The Labute approximate surface area is 222 Å². The monoisotopic (exact) mass is 506 g/mol.